The van der Waals surface area contributed by atoms with Crippen LogP contribution in [0.1, 0.15) is 20.7 Å². The van der Waals surface area contributed by atoms with Crippen molar-refractivity contribution in [3.05, 3.63) is 108 Å². The Bertz CT molecular complexity index is 1540. The summed E-state index contributed by atoms with van der Waals surface area (Å²) in [5.74, 6) is 0.164. The third-order valence-electron chi connectivity index (χ3n) is 5.47. The zero-order valence-electron chi connectivity index (χ0n) is 19.1. The van der Waals surface area contributed by atoms with Gasteiger partial charge in [-0.3, -0.25) is 9.59 Å². The number of hydrogen-bond acceptors (Lipinski definition) is 4. The summed E-state index contributed by atoms with van der Waals surface area (Å²) < 4.78 is 18.1. The Morgan fingerprint density at radius 1 is 0.861 bits per heavy atom. The van der Waals surface area contributed by atoms with Gasteiger partial charge in [0.25, 0.3) is 11.8 Å². The van der Waals surface area contributed by atoms with E-state index in [1.165, 1.54) is 12.1 Å². The van der Waals surface area contributed by atoms with E-state index in [2.05, 4.69) is 32.7 Å². The number of carbonyl (C=O) groups is 2. The minimum Gasteiger partial charge on any atom is -0.497 e. The molecule has 1 aromatic heterocycles. The molecule has 2 amide bonds. The minimum absolute atomic E-state index is 0.246. The molecular formula is C28H19FN4O3. The maximum Gasteiger partial charge on any atom is 0.256 e. The summed E-state index contributed by atoms with van der Waals surface area (Å²) in [6.45, 7) is 0. The average molecular weight is 478 g/mol. The van der Waals surface area contributed by atoms with E-state index in [0.29, 0.717) is 45.1 Å². The van der Waals surface area contributed by atoms with Gasteiger partial charge in [0.05, 0.1) is 23.8 Å². The largest absolute Gasteiger partial charge is 0.497 e. The lowest BCUT2D eigenvalue weighted by Crippen LogP contribution is -2.11. The first-order valence-electron chi connectivity index (χ1n) is 10.9. The third kappa shape index (κ3) is 4.86. The molecule has 36 heavy (non-hydrogen) atoms. The molecule has 0 fully saturated rings. The first kappa shape index (κ1) is 22.6. The number of H-pyrrole nitrogens is 1. The molecule has 0 bridgehead atoms. The van der Waals surface area contributed by atoms with Crippen molar-refractivity contribution in [3.8, 4) is 17.1 Å². The van der Waals surface area contributed by atoms with Gasteiger partial charge in [-0.15, -0.1) is 0 Å². The second-order valence-electron chi connectivity index (χ2n) is 7.88. The number of aromatic nitrogens is 2. The highest BCUT2D eigenvalue weighted by Crippen LogP contribution is 2.23. The van der Waals surface area contributed by atoms with E-state index < -0.39 is 5.82 Å². The normalized spacial score (nSPS) is 10.5. The second-order valence-corrected chi connectivity index (χ2v) is 7.88. The van der Waals surface area contributed by atoms with E-state index in [0.717, 1.165) is 5.56 Å². The number of imidazole rings is 1. The lowest BCUT2D eigenvalue weighted by molar-refractivity contribution is 0.101. The topological polar surface area (TPSA) is 96.1 Å². The highest BCUT2D eigenvalue weighted by molar-refractivity contribution is 6.06. The van der Waals surface area contributed by atoms with Crippen LogP contribution >= 0.6 is 0 Å². The zero-order valence-corrected chi connectivity index (χ0v) is 19.1. The molecule has 0 unspecified atom stereocenters. The van der Waals surface area contributed by atoms with Crippen molar-refractivity contribution in [3.63, 3.8) is 0 Å². The lowest BCUT2D eigenvalue weighted by atomic mass is 10.1. The number of anilines is 2. The standard InChI is InChI=1S/C28H19FN4O3/c1-36-23-13-11-22(12-14-23)31-28(35)19-6-15-24-25(16-19)33-26(32-24)17-2-4-18(5-3-17)27(34)30-21-9-7-20(29)8-10-21/h2-7,9,11-16H,1H3,(H,30,34)(H,31,35)(H,32,33). The van der Waals surface area contributed by atoms with Crippen LogP contribution < -0.4 is 15.4 Å². The van der Waals surface area contributed by atoms with Crippen LogP contribution in [0.3, 0.4) is 0 Å². The molecule has 5 aromatic rings. The molecule has 0 saturated heterocycles. The van der Waals surface area contributed by atoms with Gasteiger partial charge in [-0.05, 0) is 78.9 Å². The molecule has 0 aliphatic heterocycles. The number of ether oxygens (including phenoxy) is 1. The van der Waals surface area contributed by atoms with Crippen LogP contribution in [0.15, 0.2) is 78.9 Å². The van der Waals surface area contributed by atoms with Crippen LogP contribution in [0, 0.1) is 17.9 Å². The number of methoxy groups -OCH3 is 1. The fourth-order valence-electron chi connectivity index (χ4n) is 3.58. The van der Waals surface area contributed by atoms with Crippen LogP contribution in [-0.4, -0.2) is 28.9 Å². The van der Waals surface area contributed by atoms with Crippen molar-refractivity contribution in [2.75, 3.05) is 17.7 Å². The molecule has 8 heteroatoms. The Kier molecular flexibility index (Phi) is 6.03. The van der Waals surface area contributed by atoms with Gasteiger partial charge in [0.1, 0.15) is 11.6 Å². The number of carbonyl (C=O) groups excluding carboxylic acids is 2. The van der Waals surface area contributed by atoms with Gasteiger partial charge >= 0.3 is 0 Å². The van der Waals surface area contributed by atoms with Gasteiger partial charge in [-0.2, -0.15) is 4.39 Å². The van der Waals surface area contributed by atoms with Crippen molar-refractivity contribution in [1.29, 1.82) is 0 Å². The smallest absolute Gasteiger partial charge is 0.256 e. The zero-order chi connectivity index (χ0) is 25.1. The van der Waals surface area contributed by atoms with Gasteiger partial charge in [0.15, 0.2) is 5.82 Å². The Labute approximate surface area is 206 Å². The number of rotatable bonds is 6. The maximum absolute atomic E-state index is 13.0. The summed E-state index contributed by atoms with van der Waals surface area (Å²) >= 11 is 0. The fourth-order valence-corrected chi connectivity index (χ4v) is 3.58. The predicted molar refractivity (Wildman–Crippen MR) is 135 cm³/mol. The number of amides is 2. The van der Waals surface area contributed by atoms with Gasteiger partial charge in [0.2, 0.25) is 0 Å². The van der Waals surface area contributed by atoms with Crippen molar-refractivity contribution >= 4 is 34.2 Å². The second kappa shape index (κ2) is 9.60. The van der Waals surface area contributed by atoms with Crippen molar-refractivity contribution in [2.24, 2.45) is 0 Å². The Morgan fingerprint density at radius 2 is 1.58 bits per heavy atom. The first-order chi connectivity index (χ1) is 17.5. The first-order valence-corrected chi connectivity index (χ1v) is 10.9. The SMILES string of the molecule is COc1ccc(NC(=O)c2ccc3nc(-c4ccc(C(=O)Nc5c#cc(F)cc5)cc4)[nH]c3c2)cc1. The van der Waals surface area contributed by atoms with E-state index >= 15 is 0 Å². The molecule has 1 heterocycles. The number of nitrogens with one attached hydrogen (secondary N) is 3. The van der Waals surface area contributed by atoms with E-state index in [-0.39, 0.29) is 11.8 Å². The van der Waals surface area contributed by atoms with Gasteiger partial charge in [0, 0.05) is 22.4 Å². The van der Waals surface area contributed by atoms with Crippen LogP contribution in [0.5, 0.6) is 5.75 Å². The molecule has 7 nitrogen and oxygen atoms in total. The molecule has 0 radical (unpaired) electrons. The van der Waals surface area contributed by atoms with Crippen LogP contribution in [0.4, 0.5) is 15.8 Å². The summed E-state index contributed by atoms with van der Waals surface area (Å²) in [4.78, 5) is 33.0. The van der Waals surface area contributed by atoms with E-state index in [1.54, 1.807) is 73.8 Å². The van der Waals surface area contributed by atoms with Gasteiger partial charge in [-0.25, -0.2) is 4.98 Å². The molecule has 3 N–H and O–H groups in total. The third-order valence-corrected chi connectivity index (χ3v) is 5.47. The fraction of sp³-hybridized carbons (Fsp3) is 0.0357. The van der Waals surface area contributed by atoms with Crippen molar-refractivity contribution in [1.82, 2.24) is 9.97 Å². The number of halogens is 1. The highest BCUT2D eigenvalue weighted by atomic mass is 19.1. The predicted octanol–water partition coefficient (Wildman–Crippen LogP) is 5.48. The molecule has 0 aliphatic rings. The average Bonchev–Trinajstić information content (AvgIpc) is 3.34. The summed E-state index contributed by atoms with van der Waals surface area (Å²) in [6.07, 6.45) is 0. The highest BCUT2D eigenvalue weighted by Gasteiger charge is 2.12. The molecule has 0 saturated carbocycles. The number of benzene rings is 3. The molecule has 4 aromatic carbocycles. The van der Waals surface area contributed by atoms with Gasteiger partial charge in [-0.1, -0.05) is 12.1 Å². The summed E-state index contributed by atoms with van der Waals surface area (Å²) in [7, 11) is 1.58. The minimum atomic E-state index is -0.548. The monoisotopic (exact) mass is 478 g/mol. The van der Waals surface area contributed by atoms with E-state index in [9.17, 15) is 14.0 Å². The molecule has 0 spiro atoms. The molecule has 176 valence electrons. The van der Waals surface area contributed by atoms with Crippen LogP contribution in [0.2, 0.25) is 0 Å². The number of nitrogens with zero attached hydrogens (tertiary/aromatic N) is 1. The van der Waals surface area contributed by atoms with E-state index in [1.807, 2.05) is 0 Å². The van der Waals surface area contributed by atoms with Crippen LogP contribution in [-0.2, 0) is 0 Å². The Balaban J connectivity index is 1.30. The van der Waals surface area contributed by atoms with E-state index in [4.69, 9.17) is 4.74 Å². The summed E-state index contributed by atoms with van der Waals surface area (Å²) in [5.41, 5.74) is 4.07. The van der Waals surface area contributed by atoms with Crippen molar-refractivity contribution in [2.45, 2.75) is 0 Å². The lowest BCUT2D eigenvalue weighted by Gasteiger charge is -2.06. The Hall–Kier alpha value is -5.16. The molecule has 0 atom stereocenters. The quantitative estimate of drug-likeness (QED) is 0.301. The van der Waals surface area contributed by atoms with Gasteiger partial charge < -0.3 is 20.4 Å². The molecule has 5 rings (SSSR count). The number of aromatic amines is 1. The maximum atomic E-state index is 13.0. The summed E-state index contributed by atoms with van der Waals surface area (Å²) in [5, 5.41) is 5.51. The number of fused-ring (bicyclic) bond motifs is 1. The summed E-state index contributed by atoms with van der Waals surface area (Å²) in [6, 6.07) is 26.6. The molecule has 0 aliphatic carbocycles. The number of hydrogen-bond donors (Lipinski definition) is 3. The molecular weight excluding hydrogens is 459 g/mol. The Morgan fingerprint density at radius 3 is 2.28 bits per heavy atom. The van der Waals surface area contributed by atoms with Crippen molar-refractivity contribution < 1.29 is 18.7 Å². The van der Waals surface area contributed by atoms with Crippen LogP contribution in [0.25, 0.3) is 22.4 Å².